The third-order valence-corrected chi connectivity index (χ3v) is 2.51. The lowest BCUT2D eigenvalue weighted by Gasteiger charge is -2.17. The predicted octanol–water partition coefficient (Wildman–Crippen LogP) is 2.11. The third-order valence-electron chi connectivity index (χ3n) is 2.33. The van der Waals surface area contributed by atoms with Gasteiger partial charge in [0.1, 0.15) is 0 Å². The molecule has 0 radical (unpaired) electrons. The summed E-state index contributed by atoms with van der Waals surface area (Å²) in [4.78, 5) is 6.59. The Morgan fingerprint density at radius 3 is 2.46 bits per heavy atom. The van der Waals surface area contributed by atoms with Gasteiger partial charge in [0.25, 0.3) is 0 Å². The number of rotatable bonds is 1. The molecular formula is C8H13N3OS. The number of aromatic nitrogens is 2. The number of nitrogens with one attached hydrogen (secondary N) is 1. The monoisotopic (exact) mass is 199 g/mol. The molecule has 5 heteroatoms. The smallest absolute Gasteiger partial charge is 0.315 e. The fraction of sp³-hybridized carbons (Fsp3) is 0.750. The van der Waals surface area contributed by atoms with E-state index in [-0.39, 0.29) is 0 Å². The van der Waals surface area contributed by atoms with Crippen molar-refractivity contribution in [2.24, 2.45) is 0 Å². The molecule has 1 N–H and O–H groups in total. The molecule has 1 aliphatic heterocycles. The highest BCUT2D eigenvalue weighted by Gasteiger charge is 2.12. The van der Waals surface area contributed by atoms with Gasteiger partial charge in [-0.1, -0.05) is 12.8 Å². The van der Waals surface area contributed by atoms with Crippen LogP contribution in [0.5, 0.6) is 0 Å². The Kier molecular flexibility index (Phi) is 2.63. The maximum atomic E-state index is 4.90. The molecule has 4 nitrogen and oxygen atoms in total. The zero-order valence-electron chi connectivity index (χ0n) is 7.45. The molecular weight excluding hydrogens is 186 g/mol. The molecule has 0 bridgehead atoms. The van der Waals surface area contributed by atoms with Crippen LogP contribution in [0.3, 0.4) is 0 Å². The van der Waals surface area contributed by atoms with Crippen LogP contribution in [0, 0.1) is 4.84 Å². The molecule has 0 spiro atoms. The lowest BCUT2D eigenvalue weighted by atomic mass is 10.2. The minimum Gasteiger partial charge on any atom is -0.346 e. The molecule has 2 heterocycles. The van der Waals surface area contributed by atoms with Crippen molar-refractivity contribution in [3.8, 4) is 0 Å². The van der Waals surface area contributed by atoms with E-state index < -0.39 is 0 Å². The summed E-state index contributed by atoms with van der Waals surface area (Å²) in [5, 5.41) is 2.74. The molecule has 13 heavy (non-hydrogen) atoms. The second kappa shape index (κ2) is 3.91. The van der Waals surface area contributed by atoms with E-state index in [0.717, 1.165) is 19.0 Å². The Hall–Kier alpha value is -0.840. The summed E-state index contributed by atoms with van der Waals surface area (Å²) < 4.78 is 4.90. The van der Waals surface area contributed by atoms with E-state index in [2.05, 4.69) is 15.0 Å². The van der Waals surface area contributed by atoms with Crippen molar-refractivity contribution in [3.05, 3.63) is 4.84 Å². The van der Waals surface area contributed by atoms with Crippen LogP contribution >= 0.6 is 12.2 Å². The number of anilines is 1. The average molecular weight is 199 g/mol. The normalized spacial score (nSPS) is 18.6. The lowest BCUT2D eigenvalue weighted by Crippen LogP contribution is -2.24. The molecule has 0 saturated carbocycles. The highest BCUT2D eigenvalue weighted by Crippen LogP contribution is 2.14. The number of H-pyrrole nitrogens is 1. The van der Waals surface area contributed by atoms with Crippen molar-refractivity contribution in [2.75, 3.05) is 18.0 Å². The molecule has 72 valence electrons. The van der Waals surface area contributed by atoms with E-state index >= 15 is 0 Å². The van der Waals surface area contributed by atoms with Crippen LogP contribution < -0.4 is 4.90 Å². The zero-order chi connectivity index (χ0) is 9.10. The Balaban J connectivity index is 2.10. The fourth-order valence-electron chi connectivity index (χ4n) is 1.64. The minimum atomic E-state index is 0.291. The van der Waals surface area contributed by atoms with Gasteiger partial charge in [-0.3, -0.25) is 0 Å². The third kappa shape index (κ3) is 2.09. The van der Waals surface area contributed by atoms with Crippen LogP contribution in [0.2, 0.25) is 0 Å². The Labute approximate surface area is 81.9 Å². The molecule has 1 saturated heterocycles. The molecule has 0 unspecified atom stereocenters. The summed E-state index contributed by atoms with van der Waals surface area (Å²) in [6.45, 7) is 2.11. The lowest BCUT2D eigenvalue weighted by molar-refractivity contribution is 0.404. The molecule has 1 aromatic rings. The van der Waals surface area contributed by atoms with Gasteiger partial charge < -0.3 is 9.42 Å². The van der Waals surface area contributed by atoms with E-state index in [1.54, 1.807) is 0 Å². The second-order valence-corrected chi connectivity index (χ2v) is 3.66. The van der Waals surface area contributed by atoms with Gasteiger partial charge in [0.2, 0.25) is 5.95 Å². The fourth-order valence-corrected chi connectivity index (χ4v) is 1.77. The van der Waals surface area contributed by atoms with Crippen molar-refractivity contribution in [2.45, 2.75) is 25.7 Å². The number of hydrogen-bond acceptors (Lipinski definition) is 4. The van der Waals surface area contributed by atoms with Gasteiger partial charge in [-0.2, -0.15) is 10.1 Å². The average Bonchev–Trinajstić information content (AvgIpc) is 2.43. The van der Waals surface area contributed by atoms with Crippen LogP contribution in [-0.2, 0) is 0 Å². The summed E-state index contributed by atoms with van der Waals surface area (Å²) in [6.07, 6.45) is 5.09. The quantitative estimate of drug-likeness (QED) is 0.704. The van der Waals surface area contributed by atoms with Crippen LogP contribution in [0.15, 0.2) is 4.52 Å². The van der Waals surface area contributed by atoms with Crippen LogP contribution in [0.1, 0.15) is 25.7 Å². The van der Waals surface area contributed by atoms with Crippen LogP contribution in [0.25, 0.3) is 0 Å². The Morgan fingerprint density at radius 2 is 1.92 bits per heavy atom. The maximum absolute atomic E-state index is 4.90. The van der Waals surface area contributed by atoms with Crippen molar-refractivity contribution in [1.29, 1.82) is 0 Å². The summed E-state index contributed by atoms with van der Waals surface area (Å²) >= 11 is 4.80. The predicted molar refractivity (Wildman–Crippen MR) is 52.4 cm³/mol. The van der Waals surface area contributed by atoms with Crippen LogP contribution in [0.4, 0.5) is 5.95 Å². The standard InChI is InChI=1S/C8H13N3OS/c13-8-9-7(10-12-8)11-5-3-1-2-4-6-11/h1-6H2,(H,9,10,13). The summed E-state index contributed by atoms with van der Waals surface area (Å²) in [7, 11) is 0. The van der Waals surface area contributed by atoms with Gasteiger partial charge in [-0.05, 0) is 25.1 Å². The molecule has 1 aromatic heterocycles. The van der Waals surface area contributed by atoms with Gasteiger partial charge in [-0.25, -0.2) is 0 Å². The van der Waals surface area contributed by atoms with E-state index in [1.807, 2.05) is 0 Å². The van der Waals surface area contributed by atoms with Gasteiger partial charge >= 0.3 is 4.84 Å². The summed E-state index contributed by atoms with van der Waals surface area (Å²) in [6, 6.07) is 0. The number of nitrogens with zero attached hydrogens (tertiary/aromatic N) is 2. The molecule has 0 amide bonds. The van der Waals surface area contributed by atoms with E-state index in [1.165, 1.54) is 25.7 Å². The van der Waals surface area contributed by atoms with E-state index in [9.17, 15) is 0 Å². The second-order valence-electron chi connectivity index (χ2n) is 3.31. The largest absolute Gasteiger partial charge is 0.346 e. The minimum absolute atomic E-state index is 0.291. The maximum Gasteiger partial charge on any atom is 0.315 e. The first-order valence-electron chi connectivity index (χ1n) is 4.67. The van der Waals surface area contributed by atoms with Gasteiger partial charge in [0.05, 0.1) is 0 Å². The zero-order valence-corrected chi connectivity index (χ0v) is 8.27. The van der Waals surface area contributed by atoms with Crippen molar-refractivity contribution in [3.63, 3.8) is 0 Å². The van der Waals surface area contributed by atoms with Gasteiger partial charge in [0.15, 0.2) is 0 Å². The van der Waals surface area contributed by atoms with E-state index in [0.29, 0.717) is 4.84 Å². The molecule has 1 aliphatic rings. The first kappa shape index (κ1) is 8.74. The highest BCUT2D eigenvalue weighted by atomic mass is 32.1. The Bertz CT molecular complexity index is 311. The topological polar surface area (TPSA) is 45.1 Å². The summed E-state index contributed by atoms with van der Waals surface area (Å²) in [5.41, 5.74) is 0. The molecule has 0 aromatic carbocycles. The molecule has 2 rings (SSSR count). The molecule has 0 aliphatic carbocycles. The number of hydrogen-bond donors (Lipinski definition) is 1. The molecule has 1 fully saturated rings. The van der Waals surface area contributed by atoms with Gasteiger partial charge in [-0.15, -0.1) is 0 Å². The summed E-state index contributed by atoms with van der Waals surface area (Å²) in [5.74, 6) is 0.784. The Morgan fingerprint density at radius 1 is 1.23 bits per heavy atom. The van der Waals surface area contributed by atoms with Gasteiger partial charge in [0, 0.05) is 13.1 Å². The van der Waals surface area contributed by atoms with E-state index in [4.69, 9.17) is 16.7 Å². The first-order valence-corrected chi connectivity index (χ1v) is 5.07. The van der Waals surface area contributed by atoms with Crippen LogP contribution in [-0.4, -0.2) is 23.2 Å². The first-order chi connectivity index (χ1) is 6.36. The van der Waals surface area contributed by atoms with Crippen molar-refractivity contribution in [1.82, 2.24) is 10.1 Å². The highest BCUT2D eigenvalue weighted by molar-refractivity contribution is 7.71. The molecule has 0 atom stereocenters. The number of aromatic amines is 1. The SMILES string of the molecule is S=c1nc(N2CCCCCC2)[nH]o1. The van der Waals surface area contributed by atoms with Crippen molar-refractivity contribution < 1.29 is 4.52 Å². The van der Waals surface area contributed by atoms with Crippen molar-refractivity contribution >= 4 is 18.2 Å².